The van der Waals surface area contributed by atoms with E-state index in [1.165, 1.54) is 5.38 Å². The predicted molar refractivity (Wildman–Crippen MR) is 70.9 cm³/mol. The van der Waals surface area contributed by atoms with Crippen molar-refractivity contribution in [3.8, 4) is 0 Å². The standard InChI is InChI=1S/C10H14N4O5S/c1-2-3-8(15)13-10-12-7(6-20-10)9(16)11-4-5-19-14(17)18/h6H,2-5H2,1H3,(H,11,16)(H,12,13,15). The molecule has 0 aliphatic rings. The van der Waals surface area contributed by atoms with Crippen LogP contribution in [0.1, 0.15) is 30.3 Å². The Hall–Kier alpha value is -2.23. The Morgan fingerprint density at radius 3 is 2.95 bits per heavy atom. The topological polar surface area (TPSA) is 123 Å². The minimum absolute atomic E-state index is 0.00509. The maximum absolute atomic E-state index is 11.6. The highest BCUT2D eigenvalue weighted by atomic mass is 32.1. The third kappa shape index (κ3) is 5.61. The number of aromatic nitrogens is 1. The molecule has 2 amide bonds. The summed E-state index contributed by atoms with van der Waals surface area (Å²) in [5.74, 6) is -0.641. The zero-order valence-electron chi connectivity index (χ0n) is 10.7. The van der Waals surface area contributed by atoms with Crippen molar-refractivity contribution in [2.75, 3.05) is 18.5 Å². The molecule has 0 unspecified atom stereocenters. The summed E-state index contributed by atoms with van der Waals surface area (Å²) in [4.78, 5) is 40.8. The van der Waals surface area contributed by atoms with E-state index in [-0.39, 0.29) is 24.8 Å². The van der Waals surface area contributed by atoms with Gasteiger partial charge in [0.2, 0.25) is 5.91 Å². The lowest BCUT2D eigenvalue weighted by Gasteiger charge is -2.01. The average molecular weight is 302 g/mol. The summed E-state index contributed by atoms with van der Waals surface area (Å²) in [5.41, 5.74) is 0.142. The van der Waals surface area contributed by atoms with Crippen molar-refractivity contribution in [3.05, 3.63) is 21.2 Å². The molecule has 0 bridgehead atoms. The Balaban J connectivity index is 2.40. The Labute approximate surface area is 118 Å². The van der Waals surface area contributed by atoms with Gasteiger partial charge < -0.3 is 15.5 Å². The first kappa shape index (κ1) is 15.8. The second-order valence-electron chi connectivity index (χ2n) is 3.65. The first-order chi connectivity index (χ1) is 9.52. The molecule has 0 aliphatic carbocycles. The number of anilines is 1. The summed E-state index contributed by atoms with van der Waals surface area (Å²) >= 11 is 1.13. The summed E-state index contributed by atoms with van der Waals surface area (Å²) in [7, 11) is 0. The molecule has 0 spiro atoms. The van der Waals surface area contributed by atoms with Crippen LogP contribution in [0.15, 0.2) is 5.38 Å². The van der Waals surface area contributed by atoms with Gasteiger partial charge in [-0.15, -0.1) is 21.5 Å². The largest absolute Gasteiger partial charge is 0.349 e. The van der Waals surface area contributed by atoms with Crippen LogP contribution in [0.3, 0.4) is 0 Å². The van der Waals surface area contributed by atoms with Gasteiger partial charge in [0.25, 0.3) is 11.0 Å². The van der Waals surface area contributed by atoms with Crippen LogP contribution in [0.2, 0.25) is 0 Å². The van der Waals surface area contributed by atoms with Crippen molar-refractivity contribution in [1.82, 2.24) is 10.3 Å². The fraction of sp³-hybridized carbons (Fsp3) is 0.500. The Kier molecular flexibility index (Phi) is 6.37. The van der Waals surface area contributed by atoms with E-state index in [1.807, 2.05) is 6.92 Å². The molecule has 1 heterocycles. The van der Waals surface area contributed by atoms with E-state index < -0.39 is 11.0 Å². The van der Waals surface area contributed by atoms with Crippen LogP contribution in [0.25, 0.3) is 0 Å². The van der Waals surface area contributed by atoms with Crippen LogP contribution in [0.4, 0.5) is 5.13 Å². The van der Waals surface area contributed by atoms with Crippen molar-refractivity contribution in [3.63, 3.8) is 0 Å². The van der Waals surface area contributed by atoms with Gasteiger partial charge in [-0.05, 0) is 6.42 Å². The van der Waals surface area contributed by atoms with Gasteiger partial charge in [-0.1, -0.05) is 6.92 Å². The highest BCUT2D eigenvalue weighted by Crippen LogP contribution is 2.15. The van der Waals surface area contributed by atoms with Crippen LogP contribution < -0.4 is 10.6 Å². The molecule has 0 saturated heterocycles. The molecule has 0 radical (unpaired) electrons. The smallest absolute Gasteiger partial charge is 0.294 e. The summed E-state index contributed by atoms with van der Waals surface area (Å²) < 4.78 is 0. The lowest BCUT2D eigenvalue weighted by atomic mass is 10.3. The number of thiazole rings is 1. The Morgan fingerprint density at radius 1 is 1.55 bits per heavy atom. The lowest BCUT2D eigenvalue weighted by Crippen LogP contribution is -2.28. The predicted octanol–water partition coefficient (Wildman–Crippen LogP) is 0.820. The van der Waals surface area contributed by atoms with E-state index in [2.05, 4.69) is 20.5 Å². The van der Waals surface area contributed by atoms with Crippen LogP contribution in [-0.2, 0) is 9.63 Å². The van der Waals surface area contributed by atoms with E-state index in [0.29, 0.717) is 11.6 Å². The number of carbonyl (C=O) groups excluding carboxylic acids is 2. The molecule has 2 N–H and O–H groups in total. The molecule has 1 rings (SSSR count). The van der Waals surface area contributed by atoms with Gasteiger partial charge in [0.05, 0.1) is 0 Å². The van der Waals surface area contributed by atoms with Gasteiger partial charge in [-0.3, -0.25) is 9.59 Å². The van der Waals surface area contributed by atoms with Crippen LogP contribution in [0, 0.1) is 10.1 Å². The first-order valence-corrected chi connectivity index (χ1v) is 6.71. The van der Waals surface area contributed by atoms with Crippen LogP contribution in [0.5, 0.6) is 0 Å². The Bertz CT molecular complexity index is 490. The summed E-state index contributed by atoms with van der Waals surface area (Å²) in [6.45, 7) is 1.64. The minimum Gasteiger partial charge on any atom is -0.349 e. The highest BCUT2D eigenvalue weighted by molar-refractivity contribution is 7.14. The van der Waals surface area contributed by atoms with Crippen LogP contribution in [-0.4, -0.2) is 35.0 Å². The van der Waals surface area contributed by atoms with Gasteiger partial charge in [-0.2, -0.15) is 0 Å². The molecule has 20 heavy (non-hydrogen) atoms. The monoisotopic (exact) mass is 302 g/mol. The van der Waals surface area contributed by atoms with Crippen molar-refractivity contribution >= 4 is 28.3 Å². The van der Waals surface area contributed by atoms with Gasteiger partial charge in [0.15, 0.2) is 5.13 Å². The molecule has 1 aromatic heterocycles. The van der Waals surface area contributed by atoms with E-state index in [9.17, 15) is 19.7 Å². The molecule has 0 atom stereocenters. The molecule has 0 aliphatic heterocycles. The summed E-state index contributed by atoms with van der Waals surface area (Å²) in [6, 6.07) is 0. The van der Waals surface area contributed by atoms with Crippen molar-refractivity contribution in [2.24, 2.45) is 0 Å². The summed E-state index contributed by atoms with van der Waals surface area (Å²) in [6.07, 6.45) is 1.11. The lowest BCUT2D eigenvalue weighted by molar-refractivity contribution is -0.757. The number of nitrogens with one attached hydrogen (secondary N) is 2. The SMILES string of the molecule is CCCC(=O)Nc1nc(C(=O)NCCO[N+](=O)[O-])cs1. The molecule has 0 fully saturated rings. The molecular formula is C10H14N4O5S. The summed E-state index contributed by atoms with van der Waals surface area (Å²) in [5, 5.41) is 15.8. The van der Waals surface area contributed by atoms with Crippen molar-refractivity contribution in [1.29, 1.82) is 0 Å². The average Bonchev–Trinajstić information content (AvgIpc) is 2.83. The van der Waals surface area contributed by atoms with E-state index in [1.54, 1.807) is 0 Å². The van der Waals surface area contributed by atoms with Crippen LogP contribution >= 0.6 is 11.3 Å². The van der Waals surface area contributed by atoms with Gasteiger partial charge >= 0.3 is 0 Å². The van der Waals surface area contributed by atoms with E-state index in [4.69, 9.17) is 0 Å². The second-order valence-corrected chi connectivity index (χ2v) is 4.51. The maximum atomic E-state index is 11.6. The number of carbonyl (C=O) groups is 2. The van der Waals surface area contributed by atoms with Gasteiger partial charge in [0, 0.05) is 18.3 Å². The van der Waals surface area contributed by atoms with Gasteiger partial charge in [-0.25, -0.2) is 4.98 Å². The zero-order chi connectivity index (χ0) is 15.0. The highest BCUT2D eigenvalue weighted by Gasteiger charge is 2.11. The third-order valence-corrected chi connectivity index (χ3v) is 2.80. The maximum Gasteiger partial charge on any atom is 0.294 e. The molecule has 0 saturated carbocycles. The molecule has 110 valence electrons. The van der Waals surface area contributed by atoms with Gasteiger partial charge in [0.1, 0.15) is 12.3 Å². The minimum atomic E-state index is -0.934. The number of hydrogen-bond donors (Lipinski definition) is 2. The number of nitrogens with zero attached hydrogens (tertiary/aromatic N) is 2. The zero-order valence-corrected chi connectivity index (χ0v) is 11.6. The normalized spacial score (nSPS) is 9.85. The fourth-order valence-electron chi connectivity index (χ4n) is 1.22. The number of hydrogen-bond acceptors (Lipinski definition) is 7. The molecular weight excluding hydrogens is 288 g/mol. The quantitative estimate of drug-likeness (QED) is 0.416. The third-order valence-electron chi connectivity index (χ3n) is 2.04. The van der Waals surface area contributed by atoms with Crippen molar-refractivity contribution in [2.45, 2.75) is 19.8 Å². The molecule has 1 aromatic rings. The van der Waals surface area contributed by atoms with Crippen molar-refractivity contribution < 1.29 is 19.5 Å². The fourth-order valence-corrected chi connectivity index (χ4v) is 1.93. The first-order valence-electron chi connectivity index (χ1n) is 5.83. The molecule has 0 aromatic carbocycles. The molecule has 9 nitrogen and oxygen atoms in total. The number of rotatable bonds is 8. The second kappa shape index (κ2) is 8.04. The van der Waals surface area contributed by atoms with E-state index in [0.717, 1.165) is 17.8 Å². The Morgan fingerprint density at radius 2 is 2.30 bits per heavy atom. The molecule has 10 heteroatoms. The van der Waals surface area contributed by atoms with E-state index >= 15 is 0 Å². The number of amides is 2.